The molecule has 0 aliphatic rings. The van der Waals surface area contributed by atoms with Crippen LogP contribution in [0.15, 0.2) is 48.5 Å². The van der Waals surface area contributed by atoms with Gasteiger partial charge in [-0.3, -0.25) is 9.89 Å². The number of halogens is 1. The van der Waals surface area contributed by atoms with Gasteiger partial charge >= 0.3 is 0 Å². The fourth-order valence-corrected chi connectivity index (χ4v) is 2.94. The van der Waals surface area contributed by atoms with Gasteiger partial charge < -0.3 is 5.32 Å². The summed E-state index contributed by atoms with van der Waals surface area (Å²) < 4.78 is 13.1. The minimum atomic E-state index is -0.263. The molecule has 2 N–H and O–H groups in total. The number of rotatable bonds is 6. The van der Waals surface area contributed by atoms with Crippen LogP contribution in [-0.2, 0) is 12.3 Å². The smallest absolute Gasteiger partial charge is 0.274 e. The first-order valence-corrected chi connectivity index (χ1v) is 9.08. The standard InChI is InChI=1S/C18H17FN4OS/c1-25-11-16-17(22-23-21-16)18(24)20-10-12-3-2-4-14(9-12)13-5-7-15(19)8-6-13/h2-9H,10-11H2,1H3,(H,20,24)(H,21,22,23). The van der Waals surface area contributed by atoms with Gasteiger partial charge in [0.1, 0.15) is 5.82 Å². The van der Waals surface area contributed by atoms with E-state index in [9.17, 15) is 9.18 Å². The second-order valence-corrected chi connectivity index (χ2v) is 6.33. The van der Waals surface area contributed by atoms with Crippen molar-refractivity contribution in [2.24, 2.45) is 0 Å². The fraction of sp³-hybridized carbons (Fsp3) is 0.167. The molecule has 25 heavy (non-hydrogen) atoms. The van der Waals surface area contributed by atoms with Crippen LogP contribution in [0.3, 0.4) is 0 Å². The van der Waals surface area contributed by atoms with Crippen molar-refractivity contribution in [3.05, 3.63) is 71.3 Å². The number of nitrogens with one attached hydrogen (secondary N) is 2. The third kappa shape index (κ3) is 4.24. The zero-order valence-corrected chi connectivity index (χ0v) is 14.4. The Hall–Kier alpha value is -2.67. The maximum absolute atomic E-state index is 13.1. The molecule has 0 aliphatic carbocycles. The lowest BCUT2D eigenvalue weighted by atomic mass is 10.0. The lowest BCUT2D eigenvalue weighted by Crippen LogP contribution is -2.24. The number of thioether (sulfide) groups is 1. The van der Waals surface area contributed by atoms with Gasteiger partial charge in [0.2, 0.25) is 0 Å². The van der Waals surface area contributed by atoms with Crippen LogP contribution in [0.4, 0.5) is 4.39 Å². The maximum atomic E-state index is 13.1. The molecule has 3 rings (SSSR count). The Balaban J connectivity index is 1.69. The molecule has 0 unspecified atom stereocenters. The molecule has 0 bridgehead atoms. The van der Waals surface area contributed by atoms with Crippen LogP contribution < -0.4 is 5.32 Å². The van der Waals surface area contributed by atoms with Crippen LogP contribution in [0.25, 0.3) is 11.1 Å². The highest BCUT2D eigenvalue weighted by molar-refractivity contribution is 7.97. The first-order valence-electron chi connectivity index (χ1n) is 7.69. The molecule has 3 aromatic rings. The molecular formula is C18H17FN4OS. The Bertz CT molecular complexity index is 864. The summed E-state index contributed by atoms with van der Waals surface area (Å²) in [4.78, 5) is 12.3. The van der Waals surface area contributed by atoms with E-state index in [4.69, 9.17) is 0 Å². The third-order valence-electron chi connectivity index (χ3n) is 3.68. The monoisotopic (exact) mass is 356 g/mol. The van der Waals surface area contributed by atoms with Gasteiger partial charge in [-0.25, -0.2) is 4.39 Å². The number of hydrogen-bond donors (Lipinski definition) is 2. The Morgan fingerprint density at radius 3 is 2.76 bits per heavy atom. The summed E-state index contributed by atoms with van der Waals surface area (Å²) in [7, 11) is 0. The molecule has 1 aromatic heterocycles. The van der Waals surface area contributed by atoms with Gasteiger partial charge in [0, 0.05) is 12.3 Å². The summed E-state index contributed by atoms with van der Waals surface area (Å²) in [6.07, 6.45) is 1.95. The predicted octanol–water partition coefficient (Wildman–Crippen LogP) is 3.40. The Labute approximate surface area is 149 Å². The number of aromatic amines is 1. The van der Waals surface area contributed by atoms with Crippen LogP contribution in [0, 0.1) is 5.82 Å². The molecule has 0 aliphatic heterocycles. The molecule has 1 amide bonds. The number of aromatic nitrogens is 3. The van der Waals surface area contributed by atoms with E-state index in [1.807, 2.05) is 30.5 Å². The number of nitrogens with zero attached hydrogens (tertiary/aromatic N) is 2. The van der Waals surface area contributed by atoms with Crippen molar-refractivity contribution in [3.8, 4) is 11.1 Å². The van der Waals surface area contributed by atoms with E-state index >= 15 is 0 Å². The average molecular weight is 356 g/mol. The number of carbonyl (C=O) groups is 1. The Kier molecular flexibility index (Phi) is 5.45. The van der Waals surface area contributed by atoms with Crippen molar-refractivity contribution in [3.63, 3.8) is 0 Å². The zero-order valence-electron chi connectivity index (χ0n) is 13.6. The van der Waals surface area contributed by atoms with Crippen LogP contribution in [0.1, 0.15) is 21.7 Å². The number of amides is 1. The largest absolute Gasteiger partial charge is 0.347 e. The molecule has 5 nitrogen and oxygen atoms in total. The van der Waals surface area contributed by atoms with Crippen molar-refractivity contribution in [2.75, 3.05) is 6.26 Å². The fourth-order valence-electron chi connectivity index (χ4n) is 2.45. The molecule has 0 fully saturated rings. The summed E-state index contributed by atoms with van der Waals surface area (Å²) in [5.74, 6) is 0.126. The van der Waals surface area contributed by atoms with Gasteiger partial charge in [-0.1, -0.05) is 35.5 Å². The topological polar surface area (TPSA) is 70.7 Å². The first kappa shape index (κ1) is 17.2. The van der Waals surface area contributed by atoms with Gasteiger partial charge in [0.15, 0.2) is 5.69 Å². The molecule has 1 heterocycles. The Morgan fingerprint density at radius 2 is 2.00 bits per heavy atom. The second kappa shape index (κ2) is 7.94. The van der Waals surface area contributed by atoms with Crippen LogP contribution in [0.2, 0.25) is 0 Å². The van der Waals surface area contributed by atoms with Gasteiger partial charge in [0.05, 0.1) is 5.69 Å². The van der Waals surface area contributed by atoms with Crippen LogP contribution in [0.5, 0.6) is 0 Å². The predicted molar refractivity (Wildman–Crippen MR) is 96.6 cm³/mol. The summed E-state index contributed by atoms with van der Waals surface area (Å²) >= 11 is 1.59. The van der Waals surface area contributed by atoms with E-state index in [0.29, 0.717) is 23.7 Å². The zero-order chi connectivity index (χ0) is 17.6. The van der Waals surface area contributed by atoms with Gasteiger partial charge in [-0.15, -0.1) is 5.10 Å². The molecule has 0 atom stereocenters. The van der Waals surface area contributed by atoms with E-state index < -0.39 is 0 Å². The van der Waals surface area contributed by atoms with Gasteiger partial charge in [-0.2, -0.15) is 11.8 Å². The first-order chi connectivity index (χ1) is 12.2. The van der Waals surface area contributed by atoms with Gasteiger partial charge in [-0.05, 0) is 41.1 Å². The SMILES string of the molecule is CSCc1[nH]nnc1C(=O)NCc1cccc(-c2ccc(F)cc2)c1. The van der Waals surface area contributed by atoms with E-state index in [2.05, 4.69) is 20.7 Å². The van der Waals surface area contributed by atoms with Crippen molar-refractivity contribution >= 4 is 17.7 Å². The number of carbonyl (C=O) groups excluding carboxylic acids is 1. The maximum Gasteiger partial charge on any atom is 0.274 e. The minimum Gasteiger partial charge on any atom is -0.347 e. The van der Waals surface area contributed by atoms with E-state index in [1.54, 1.807) is 23.9 Å². The second-order valence-electron chi connectivity index (χ2n) is 5.46. The van der Waals surface area contributed by atoms with Crippen molar-refractivity contribution in [1.82, 2.24) is 20.7 Å². The molecule has 2 aromatic carbocycles. The molecule has 0 radical (unpaired) electrons. The summed E-state index contributed by atoms with van der Waals surface area (Å²) in [5, 5.41) is 13.2. The molecule has 0 saturated carbocycles. The average Bonchev–Trinajstić information content (AvgIpc) is 3.09. The molecule has 0 saturated heterocycles. The molecule has 0 spiro atoms. The van der Waals surface area contributed by atoms with Gasteiger partial charge in [0.25, 0.3) is 5.91 Å². The minimum absolute atomic E-state index is 0.259. The highest BCUT2D eigenvalue weighted by Gasteiger charge is 2.15. The number of hydrogen-bond acceptors (Lipinski definition) is 4. The third-order valence-corrected chi connectivity index (χ3v) is 4.26. The number of benzene rings is 2. The lowest BCUT2D eigenvalue weighted by molar-refractivity contribution is 0.0945. The highest BCUT2D eigenvalue weighted by atomic mass is 32.2. The molecule has 7 heteroatoms. The van der Waals surface area contributed by atoms with Crippen LogP contribution >= 0.6 is 11.8 Å². The van der Waals surface area contributed by atoms with E-state index in [0.717, 1.165) is 16.7 Å². The van der Waals surface area contributed by atoms with Crippen LogP contribution in [-0.4, -0.2) is 27.6 Å². The lowest BCUT2D eigenvalue weighted by Gasteiger charge is -2.07. The summed E-state index contributed by atoms with van der Waals surface area (Å²) in [5.41, 5.74) is 3.88. The van der Waals surface area contributed by atoms with Crippen molar-refractivity contribution in [2.45, 2.75) is 12.3 Å². The normalized spacial score (nSPS) is 10.6. The van der Waals surface area contributed by atoms with E-state index in [-0.39, 0.29) is 11.7 Å². The van der Waals surface area contributed by atoms with Crippen molar-refractivity contribution in [1.29, 1.82) is 0 Å². The van der Waals surface area contributed by atoms with Crippen molar-refractivity contribution < 1.29 is 9.18 Å². The molecule has 128 valence electrons. The highest BCUT2D eigenvalue weighted by Crippen LogP contribution is 2.21. The quantitative estimate of drug-likeness (QED) is 0.710. The number of H-pyrrole nitrogens is 1. The summed E-state index contributed by atoms with van der Waals surface area (Å²) in [6, 6.07) is 14.1. The Morgan fingerprint density at radius 1 is 1.20 bits per heavy atom. The van der Waals surface area contributed by atoms with E-state index in [1.165, 1.54) is 12.1 Å². The summed E-state index contributed by atoms with van der Waals surface area (Å²) in [6.45, 7) is 0.374. The molecular weight excluding hydrogens is 339 g/mol.